The summed E-state index contributed by atoms with van der Waals surface area (Å²) in [6.45, 7) is 12.2. The van der Waals surface area contributed by atoms with Gasteiger partial charge in [-0.3, -0.25) is 9.79 Å². The summed E-state index contributed by atoms with van der Waals surface area (Å²) < 4.78 is 0. The molecular weight excluding hydrogens is 390 g/mol. The Morgan fingerprint density at radius 2 is 2.06 bits per heavy atom. The molecule has 2 rings (SSSR count). The maximum atomic E-state index is 11.4. The van der Waals surface area contributed by atoms with E-state index in [2.05, 4.69) is 57.2 Å². The number of guanidine groups is 1. The van der Waals surface area contributed by atoms with Crippen LogP contribution in [0.3, 0.4) is 0 Å². The fraction of sp³-hybridized carbons (Fsp3) is 0.696. The molecule has 0 aromatic carbocycles. The standard InChI is InChI=1S/C23H41N7O/c1-5-29(6-2)14-8-9-18(3)28-23(25-4)27-17-20-10-7-13-26-22(20)30-15-11-19(12-16-30)21(24)31/h7,10,13,18-19H,5-6,8-9,11-12,14-17H2,1-4H3,(H2,24,31)(H2,25,27,28). The van der Waals surface area contributed by atoms with Crippen LogP contribution in [0, 0.1) is 5.92 Å². The van der Waals surface area contributed by atoms with E-state index in [9.17, 15) is 4.79 Å². The van der Waals surface area contributed by atoms with Gasteiger partial charge in [0.25, 0.3) is 0 Å². The van der Waals surface area contributed by atoms with Gasteiger partial charge in [-0.25, -0.2) is 4.98 Å². The highest BCUT2D eigenvalue weighted by atomic mass is 16.1. The first kappa shape index (κ1) is 24.9. The molecule has 8 nitrogen and oxygen atoms in total. The van der Waals surface area contributed by atoms with Crippen molar-refractivity contribution in [2.24, 2.45) is 16.6 Å². The Balaban J connectivity index is 1.85. The van der Waals surface area contributed by atoms with Gasteiger partial charge in [-0.2, -0.15) is 0 Å². The molecule has 0 saturated carbocycles. The van der Waals surface area contributed by atoms with E-state index in [-0.39, 0.29) is 11.8 Å². The molecule has 1 atom stereocenters. The second kappa shape index (κ2) is 13.1. The van der Waals surface area contributed by atoms with E-state index < -0.39 is 0 Å². The molecule has 0 spiro atoms. The molecular formula is C23H41N7O. The Labute approximate surface area is 187 Å². The van der Waals surface area contributed by atoms with Crippen LogP contribution in [0.5, 0.6) is 0 Å². The zero-order valence-corrected chi connectivity index (χ0v) is 19.7. The summed E-state index contributed by atoms with van der Waals surface area (Å²) in [5.41, 5.74) is 6.59. The van der Waals surface area contributed by atoms with Crippen molar-refractivity contribution in [3.05, 3.63) is 23.9 Å². The number of aromatic nitrogens is 1. The van der Waals surface area contributed by atoms with Crippen LogP contribution in [0.2, 0.25) is 0 Å². The van der Waals surface area contributed by atoms with Gasteiger partial charge in [-0.15, -0.1) is 0 Å². The average Bonchev–Trinajstić information content (AvgIpc) is 2.79. The van der Waals surface area contributed by atoms with Crippen LogP contribution in [0.15, 0.2) is 23.3 Å². The molecule has 1 saturated heterocycles. The van der Waals surface area contributed by atoms with E-state index in [1.807, 2.05) is 12.3 Å². The number of anilines is 1. The SMILES string of the molecule is CCN(CC)CCCC(C)NC(=NC)NCc1cccnc1N1CCC(C(N)=O)CC1. The predicted octanol–water partition coefficient (Wildman–Crippen LogP) is 1.96. The molecule has 0 bridgehead atoms. The molecule has 4 N–H and O–H groups in total. The summed E-state index contributed by atoms with van der Waals surface area (Å²) >= 11 is 0. The highest BCUT2D eigenvalue weighted by molar-refractivity contribution is 5.80. The summed E-state index contributed by atoms with van der Waals surface area (Å²) in [6.07, 6.45) is 5.66. The van der Waals surface area contributed by atoms with Crippen LogP contribution < -0.4 is 21.3 Å². The monoisotopic (exact) mass is 431 g/mol. The number of nitrogens with two attached hydrogens (primary N) is 1. The van der Waals surface area contributed by atoms with Crippen LogP contribution in [0.1, 0.15) is 52.0 Å². The third-order valence-electron chi connectivity index (χ3n) is 6.12. The first-order chi connectivity index (χ1) is 15.0. The minimum Gasteiger partial charge on any atom is -0.369 e. The van der Waals surface area contributed by atoms with Crippen LogP contribution >= 0.6 is 0 Å². The van der Waals surface area contributed by atoms with Gasteiger partial charge in [-0.05, 0) is 58.3 Å². The van der Waals surface area contributed by atoms with E-state index in [1.54, 1.807) is 7.05 Å². The van der Waals surface area contributed by atoms with E-state index in [1.165, 1.54) is 6.42 Å². The van der Waals surface area contributed by atoms with Crippen molar-refractivity contribution >= 4 is 17.7 Å². The molecule has 1 aliphatic rings. The van der Waals surface area contributed by atoms with Gasteiger partial charge in [0.1, 0.15) is 5.82 Å². The minimum atomic E-state index is -0.191. The summed E-state index contributed by atoms with van der Waals surface area (Å²) in [5.74, 6) is 1.56. The number of hydrogen-bond donors (Lipinski definition) is 3. The molecule has 31 heavy (non-hydrogen) atoms. The number of rotatable bonds is 11. The molecule has 0 radical (unpaired) electrons. The molecule has 8 heteroatoms. The number of hydrogen-bond acceptors (Lipinski definition) is 5. The third-order valence-corrected chi connectivity index (χ3v) is 6.12. The Morgan fingerprint density at radius 3 is 2.68 bits per heavy atom. The van der Waals surface area contributed by atoms with Gasteiger partial charge in [0.05, 0.1) is 0 Å². The van der Waals surface area contributed by atoms with Crippen molar-refractivity contribution in [1.82, 2.24) is 20.5 Å². The Bertz CT molecular complexity index is 697. The Morgan fingerprint density at radius 1 is 1.35 bits per heavy atom. The van der Waals surface area contributed by atoms with Crippen LogP contribution in [-0.4, -0.2) is 67.6 Å². The number of nitrogens with one attached hydrogen (secondary N) is 2. The third kappa shape index (κ3) is 8.01. The number of carbonyl (C=O) groups is 1. The minimum absolute atomic E-state index is 0.0206. The van der Waals surface area contributed by atoms with Gasteiger partial charge in [0.2, 0.25) is 5.91 Å². The lowest BCUT2D eigenvalue weighted by Crippen LogP contribution is -2.43. The summed E-state index contributed by atoms with van der Waals surface area (Å²) in [4.78, 5) is 25.2. The van der Waals surface area contributed by atoms with Gasteiger partial charge in [0.15, 0.2) is 5.96 Å². The molecule has 0 aliphatic carbocycles. The first-order valence-corrected chi connectivity index (χ1v) is 11.7. The maximum Gasteiger partial charge on any atom is 0.220 e. The second-order valence-corrected chi connectivity index (χ2v) is 8.29. The van der Waals surface area contributed by atoms with Crippen molar-refractivity contribution in [3.8, 4) is 0 Å². The maximum absolute atomic E-state index is 11.4. The van der Waals surface area contributed by atoms with Crippen molar-refractivity contribution < 1.29 is 4.79 Å². The number of piperidine rings is 1. The predicted molar refractivity (Wildman–Crippen MR) is 128 cm³/mol. The molecule has 1 aromatic rings. The smallest absolute Gasteiger partial charge is 0.220 e. The normalized spacial score (nSPS) is 16.4. The largest absolute Gasteiger partial charge is 0.369 e. The Hall–Kier alpha value is -2.35. The molecule has 1 amide bonds. The van der Waals surface area contributed by atoms with E-state index in [4.69, 9.17) is 5.73 Å². The molecule has 1 aliphatic heterocycles. The summed E-state index contributed by atoms with van der Waals surface area (Å²) in [5, 5.41) is 6.93. The van der Waals surface area contributed by atoms with E-state index in [0.717, 1.165) is 69.3 Å². The van der Waals surface area contributed by atoms with Crippen LogP contribution in [0.25, 0.3) is 0 Å². The van der Waals surface area contributed by atoms with Gasteiger partial charge >= 0.3 is 0 Å². The number of primary amides is 1. The molecule has 1 fully saturated rings. The zero-order chi connectivity index (χ0) is 22.6. The number of aliphatic imine (C=N–C) groups is 1. The van der Waals surface area contributed by atoms with Crippen LogP contribution in [-0.2, 0) is 11.3 Å². The molecule has 1 aromatic heterocycles. The van der Waals surface area contributed by atoms with Crippen molar-refractivity contribution in [2.45, 2.75) is 59.0 Å². The first-order valence-electron chi connectivity index (χ1n) is 11.7. The number of pyridine rings is 1. The molecule has 174 valence electrons. The van der Waals surface area contributed by atoms with Crippen LogP contribution in [0.4, 0.5) is 5.82 Å². The highest BCUT2D eigenvalue weighted by Gasteiger charge is 2.25. The second-order valence-electron chi connectivity index (χ2n) is 8.29. The van der Waals surface area contributed by atoms with Gasteiger partial charge in [0, 0.05) is 50.4 Å². The zero-order valence-electron chi connectivity index (χ0n) is 19.7. The quantitative estimate of drug-likeness (QED) is 0.366. The van der Waals surface area contributed by atoms with Gasteiger partial charge < -0.3 is 26.2 Å². The summed E-state index contributed by atoms with van der Waals surface area (Å²) in [6, 6.07) is 4.40. The van der Waals surface area contributed by atoms with E-state index in [0.29, 0.717) is 12.6 Å². The highest BCUT2D eigenvalue weighted by Crippen LogP contribution is 2.24. The number of carbonyl (C=O) groups excluding carboxylic acids is 1. The average molecular weight is 432 g/mol. The van der Waals surface area contributed by atoms with Crippen molar-refractivity contribution in [1.29, 1.82) is 0 Å². The lowest BCUT2D eigenvalue weighted by atomic mass is 9.96. The lowest BCUT2D eigenvalue weighted by molar-refractivity contribution is -0.122. The van der Waals surface area contributed by atoms with E-state index >= 15 is 0 Å². The topological polar surface area (TPSA) is 98.9 Å². The number of amides is 1. The number of nitrogens with zero attached hydrogens (tertiary/aromatic N) is 4. The Kier molecular flexibility index (Phi) is 10.6. The molecule has 1 unspecified atom stereocenters. The lowest BCUT2D eigenvalue weighted by Gasteiger charge is -2.32. The van der Waals surface area contributed by atoms with Crippen molar-refractivity contribution in [2.75, 3.05) is 44.7 Å². The fourth-order valence-corrected chi connectivity index (χ4v) is 4.07. The molecule has 2 heterocycles. The fourth-order valence-electron chi connectivity index (χ4n) is 4.07. The summed E-state index contributed by atoms with van der Waals surface area (Å²) in [7, 11) is 1.80. The van der Waals surface area contributed by atoms with Crippen molar-refractivity contribution in [3.63, 3.8) is 0 Å². The van der Waals surface area contributed by atoms with Gasteiger partial charge in [-0.1, -0.05) is 19.9 Å².